The Bertz CT molecular complexity index is 304. The van der Waals surface area contributed by atoms with Crippen molar-refractivity contribution in [3.63, 3.8) is 0 Å². The molecule has 1 amide bonds. The molecule has 78 valence electrons. The molecule has 0 saturated heterocycles. The Morgan fingerprint density at radius 3 is 2.71 bits per heavy atom. The average Bonchev–Trinajstić information content (AvgIpc) is 2.54. The van der Waals surface area contributed by atoms with Crippen molar-refractivity contribution in [3.05, 3.63) is 24.2 Å². The molecule has 0 fully saturated rings. The van der Waals surface area contributed by atoms with Crippen LogP contribution in [0.1, 0.15) is 32.6 Å². The summed E-state index contributed by atoms with van der Waals surface area (Å²) in [6.07, 6.45) is 1.60. The van der Waals surface area contributed by atoms with E-state index in [4.69, 9.17) is 10.2 Å². The zero-order chi connectivity index (χ0) is 10.8. The molecule has 1 aromatic rings. The van der Waals surface area contributed by atoms with Crippen LogP contribution in [0.2, 0.25) is 0 Å². The Morgan fingerprint density at radius 2 is 2.29 bits per heavy atom. The number of nitrogens with two attached hydrogens (primary N) is 1. The lowest BCUT2D eigenvalue weighted by Crippen LogP contribution is -2.51. The molecule has 0 aromatic carbocycles. The normalized spacial score (nSPS) is 13.9. The zero-order valence-electron chi connectivity index (χ0n) is 8.70. The lowest BCUT2D eigenvalue weighted by atomic mass is 10.0. The maximum atomic E-state index is 11.1. The predicted molar refractivity (Wildman–Crippen MR) is 53.5 cm³/mol. The van der Waals surface area contributed by atoms with Crippen LogP contribution in [-0.4, -0.2) is 11.4 Å². The van der Waals surface area contributed by atoms with Gasteiger partial charge in [0.2, 0.25) is 5.91 Å². The van der Waals surface area contributed by atoms with Crippen molar-refractivity contribution in [3.8, 4) is 0 Å². The molecule has 0 radical (unpaired) electrons. The van der Waals surface area contributed by atoms with Gasteiger partial charge in [-0.05, 0) is 32.9 Å². The van der Waals surface area contributed by atoms with Crippen LogP contribution in [0, 0.1) is 0 Å². The molecule has 0 aliphatic heterocycles. The maximum Gasteiger partial charge on any atom is 0.237 e. The van der Waals surface area contributed by atoms with Gasteiger partial charge >= 0.3 is 0 Å². The lowest BCUT2D eigenvalue weighted by molar-refractivity contribution is -0.123. The van der Waals surface area contributed by atoms with Gasteiger partial charge in [0, 0.05) is 0 Å². The van der Waals surface area contributed by atoms with E-state index in [0.29, 0.717) is 0 Å². The van der Waals surface area contributed by atoms with Gasteiger partial charge < -0.3 is 10.2 Å². The van der Waals surface area contributed by atoms with Gasteiger partial charge in [-0.25, -0.2) is 0 Å². The maximum absolute atomic E-state index is 11.1. The summed E-state index contributed by atoms with van der Waals surface area (Å²) in [6, 6.07) is 3.63. The SMILES string of the molecule is CC(NC(C)(C)C(N)=O)c1ccco1. The molecule has 4 nitrogen and oxygen atoms in total. The molecule has 0 bridgehead atoms. The van der Waals surface area contributed by atoms with E-state index in [2.05, 4.69) is 5.32 Å². The molecule has 0 aliphatic rings. The summed E-state index contributed by atoms with van der Waals surface area (Å²) in [5.41, 5.74) is 4.51. The van der Waals surface area contributed by atoms with Crippen LogP contribution in [0.5, 0.6) is 0 Å². The summed E-state index contributed by atoms with van der Waals surface area (Å²) in [6.45, 7) is 5.41. The Balaban J connectivity index is 2.66. The number of nitrogens with one attached hydrogen (secondary N) is 1. The molecule has 1 unspecified atom stereocenters. The van der Waals surface area contributed by atoms with E-state index in [1.54, 1.807) is 20.1 Å². The molecule has 1 atom stereocenters. The summed E-state index contributed by atoms with van der Waals surface area (Å²) in [5, 5.41) is 3.09. The van der Waals surface area contributed by atoms with E-state index < -0.39 is 5.54 Å². The van der Waals surface area contributed by atoms with Gasteiger partial charge in [0.25, 0.3) is 0 Å². The van der Waals surface area contributed by atoms with Crippen molar-refractivity contribution in [1.82, 2.24) is 5.32 Å². The lowest BCUT2D eigenvalue weighted by Gasteiger charge is -2.25. The highest BCUT2D eigenvalue weighted by molar-refractivity contribution is 5.83. The van der Waals surface area contributed by atoms with E-state index in [-0.39, 0.29) is 11.9 Å². The first-order valence-corrected chi connectivity index (χ1v) is 4.54. The molecule has 4 heteroatoms. The van der Waals surface area contributed by atoms with Crippen molar-refractivity contribution in [2.45, 2.75) is 32.4 Å². The molecule has 0 aliphatic carbocycles. The minimum Gasteiger partial charge on any atom is -0.468 e. The van der Waals surface area contributed by atoms with Crippen molar-refractivity contribution in [1.29, 1.82) is 0 Å². The van der Waals surface area contributed by atoms with Crippen LogP contribution in [-0.2, 0) is 4.79 Å². The highest BCUT2D eigenvalue weighted by atomic mass is 16.3. The van der Waals surface area contributed by atoms with Crippen LogP contribution in [0.15, 0.2) is 22.8 Å². The average molecular weight is 196 g/mol. The number of rotatable bonds is 4. The molecule has 0 saturated carbocycles. The Morgan fingerprint density at radius 1 is 1.64 bits per heavy atom. The van der Waals surface area contributed by atoms with Crippen molar-refractivity contribution >= 4 is 5.91 Å². The smallest absolute Gasteiger partial charge is 0.237 e. The van der Waals surface area contributed by atoms with Gasteiger partial charge in [-0.3, -0.25) is 10.1 Å². The molecular weight excluding hydrogens is 180 g/mol. The first kappa shape index (κ1) is 10.8. The van der Waals surface area contributed by atoms with Gasteiger partial charge in [0.15, 0.2) is 0 Å². The van der Waals surface area contributed by atoms with Gasteiger partial charge in [0.05, 0.1) is 17.8 Å². The summed E-state index contributed by atoms with van der Waals surface area (Å²) < 4.78 is 5.21. The molecule has 14 heavy (non-hydrogen) atoms. The number of hydrogen-bond donors (Lipinski definition) is 2. The van der Waals surface area contributed by atoms with E-state index >= 15 is 0 Å². The van der Waals surface area contributed by atoms with Gasteiger partial charge in [-0.1, -0.05) is 0 Å². The topological polar surface area (TPSA) is 68.3 Å². The number of amides is 1. The molecular formula is C10H16N2O2. The second kappa shape index (κ2) is 3.84. The zero-order valence-corrected chi connectivity index (χ0v) is 8.70. The fraction of sp³-hybridized carbons (Fsp3) is 0.500. The molecule has 0 spiro atoms. The first-order chi connectivity index (χ1) is 6.43. The van der Waals surface area contributed by atoms with Crippen LogP contribution in [0.25, 0.3) is 0 Å². The standard InChI is InChI=1S/C10H16N2O2/c1-7(8-5-4-6-14-8)12-10(2,3)9(11)13/h4-7,12H,1-3H3,(H2,11,13). The fourth-order valence-corrected chi connectivity index (χ4v) is 1.22. The molecule has 1 aromatic heterocycles. The highest BCUT2D eigenvalue weighted by Gasteiger charge is 2.27. The van der Waals surface area contributed by atoms with E-state index in [0.717, 1.165) is 5.76 Å². The highest BCUT2D eigenvalue weighted by Crippen LogP contribution is 2.16. The predicted octanol–water partition coefficient (Wildman–Crippen LogP) is 1.19. The molecule has 1 rings (SSSR count). The molecule has 3 N–H and O–H groups in total. The van der Waals surface area contributed by atoms with Crippen molar-refractivity contribution < 1.29 is 9.21 Å². The quantitative estimate of drug-likeness (QED) is 0.760. The Labute approximate surface area is 83.5 Å². The second-order valence-corrected chi connectivity index (χ2v) is 3.87. The van der Waals surface area contributed by atoms with Crippen LogP contribution in [0.3, 0.4) is 0 Å². The first-order valence-electron chi connectivity index (χ1n) is 4.54. The minimum atomic E-state index is -0.730. The monoisotopic (exact) mass is 196 g/mol. The van der Waals surface area contributed by atoms with Crippen LogP contribution >= 0.6 is 0 Å². The van der Waals surface area contributed by atoms with Crippen molar-refractivity contribution in [2.24, 2.45) is 5.73 Å². The number of primary amides is 1. The van der Waals surface area contributed by atoms with E-state index in [9.17, 15) is 4.79 Å². The fourth-order valence-electron chi connectivity index (χ4n) is 1.22. The van der Waals surface area contributed by atoms with Gasteiger partial charge in [0.1, 0.15) is 5.76 Å². The third-order valence-electron chi connectivity index (χ3n) is 2.16. The number of furan rings is 1. The Hall–Kier alpha value is -1.29. The second-order valence-electron chi connectivity index (χ2n) is 3.87. The summed E-state index contributed by atoms with van der Waals surface area (Å²) in [7, 11) is 0. The van der Waals surface area contributed by atoms with Gasteiger partial charge in [-0.2, -0.15) is 0 Å². The third kappa shape index (κ3) is 2.35. The summed E-state index contributed by atoms with van der Waals surface area (Å²) >= 11 is 0. The van der Waals surface area contributed by atoms with E-state index in [1.165, 1.54) is 0 Å². The van der Waals surface area contributed by atoms with E-state index in [1.807, 2.05) is 19.1 Å². The number of hydrogen-bond acceptors (Lipinski definition) is 3. The third-order valence-corrected chi connectivity index (χ3v) is 2.16. The Kier molecular flexibility index (Phi) is 2.96. The minimum absolute atomic E-state index is 0.0347. The molecule has 1 heterocycles. The van der Waals surface area contributed by atoms with Crippen LogP contribution in [0.4, 0.5) is 0 Å². The number of carbonyl (C=O) groups excluding carboxylic acids is 1. The summed E-state index contributed by atoms with van der Waals surface area (Å²) in [4.78, 5) is 11.1. The van der Waals surface area contributed by atoms with Crippen LogP contribution < -0.4 is 11.1 Å². The van der Waals surface area contributed by atoms with Crippen molar-refractivity contribution in [2.75, 3.05) is 0 Å². The summed E-state index contributed by atoms with van der Waals surface area (Å²) in [5.74, 6) is 0.412. The number of carbonyl (C=O) groups is 1. The largest absolute Gasteiger partial charge is 0.468 e. The van der Waals surface area contributed by atoms with Gasteiger partial charge in [-0.15, -0.1) is 0 Å².